The first-order valence-electron chi connectivity index (χ1n) is 7.71. The van der Waals surface area contributed by atoms with E-state index in [0.29, 0.717) is 5.56 Å². The quantitative estimate of drug-likeness (QED) is 0.904. The van der Waals surface area contributed by atoms with Gasteiger partial charge in [0.05, 0.1) is 12.2 Å². The molecule has 118 valence electrons. The van der Waals surface area contributed by atoms with E-state index in [2.05, 4.69) is 24.1 Å². The van der Waals surface area contributed by atoms with E-state index in [-0.39, 0.29) is 17.5 Å². The van der Waals surface area contributed by atoms with Crippen molar-refractivity contribution in [2.24, 2.45) is 0 Å². The Morgan fingerprint density at radius 2 is 2.19 bits per heavy atom. The molecule has 1 atom stereocenters. The lowest BCUT2D eigenvalue weighted by molar-refractivity contribution is -0.0864. The molecule has 0 amide bonds. The molecule has 1 unspecified atom stereocenters. The first-order valence-corrected chi connectivity index (χ1v) is 7.71. The molecule has 1 fully saturated rings. The van der Waals surface area contributed by atoms with Crippen molar-refractivity contribution in [3.8, 4) is 0 Å². The fourth-order valence-electron chi connectivity index (χ4n) is 2.92. The molecule has 1 N–H and O–H groups in total. The average Bonchev–Trinajstić information content (AvgIpc) is 2.42. The highest BCUT2D eigenvalue weighted by molar-refractivity contribution is 5.25. The number of ether oxygens (including phenoxy) is 1. The Hall–Kier alpha value is -0.970. The molecular formula is C17H27FN2O. The molecular weight excluding hydrogens is 267 g/mol. The highest BCUT2D eigenvalue weighted by atomic mass is 19.1. The zero-order valence-electron chi connectivity index (χ0n) is 13.6. The molecule has 1 saturated heterocycles. The number of aryl methyl sites for hydroxylation is 1. The lowest BCUT2D eigenvalue weighted by atomic mass is 10.0. The Labute approximate surface area is 127 Å². The molecule has 1 aliphatic rings. The number of hydrogen-bond acceptors (Lipinski definition) is 3. The van der Waals surface area contributed by atoms with Gasteiger partial charge in [0.1, 0.15) is 5.82 Å². The molecule has 1 aromatic rings. The summed E-state index contributed by atoms with van der Waals surface area (Å²) in [7, 11) is 1.94. The first kappa shape index (κ1) is 16.4. The second-order valence-corrected chi connectivity index (χ2v) is 6.52. The molecule has 21 heavy (non-hydrogen) atoms. The van der Waals surface area contributed by atoms with Crippen molar-refractivity contribution >= 4 is 0 Å². The molecule has 1 heterocycles. The van der Waals surface area contributed by atoms with E-state index in [1.54, 1.807) is 13.0 Å². The predicted molar refractivity (Wildman–Crippen MR) is 84.0 cm³/mol. The number of nitrogens with one attached hydrogen (secondary N) is 1. The number of hydrogen-bond donors (Lipinski definition) is 1. The van der Waals surface area contributed by atoms with Gasteiger partial charge in [-0.15, -0.1) is 0 Å². The number of nitrogens with zero attached hydrogens (tertiary/aromatic N) is 1. The lowest BCUT2D eigenvalue weighted by Crippen LogP contribution is -2.48. The standard InChI is InChI=1S/C17H27FN2O/c1-13-5-6-14(11-15(13)18)16(19-4)7-8-20-9-10-21-17(2,3)12-20/h5-6,11,16,19H,7-10,12H2,1-4H3. The highest BCUT2D eigenvalue weighted by Crippen LogP contribution is 2.22. The molecule has 0 bridgehead atoms. The maximum Gasteiger partial charge on any atom is 0.126 e. The van der Waals surface area contributed by atoms with Crippen molar-refractivity contribution in [3.63, 3.8) is 0 Å². The Bertz CT molecular complexity index is 476. The summed E-state index contributed by atoms with van der Waals surface area (Å²) in [5.74, 6) is -0.125. The van der Waals surface area contributed by atoms with Gasteiger partial charge in [0.25, 0.3) is 0 Å². The summed E-state index contributed by atoms with van der Waals surface area (Å²) in [6, 6.07) is 5.71. The third-order valence-corrected chi connectivity index (χ3v) is 4.19. The Morgan fingerprint density at radius 1 is 1.43 bits per heavy atom. The third-order valence-electron chi connectivity index (χ3n) is 4.19. The van der Waals surface area contributed by atoms with Gasteiger partial charge in [-0.3, -0.25) is 4.90 Å². The summed E-state index contributed by atoms with van der Waals surface area (Å²) in [5.41, 5.74) is 1.65. The van der Waals surface area contributed by atoms with E-state index >= 15 is 0 Å². The maximum atomic E-state index is 13.7. The molecule has 0 aromatic heterocycles. The van der Waals surface area contributed by atoms with E-state index < -0.39 is 0 Å². The van der Waals surface area contributed by atoms with E-state index in [9.17, 15) is 4.39 Å². The molecule has 0 aliphatic carbocycles. The number of morpholine rings is 1. The largest absolute Gasteiger partial charge is 0.373 e. The van der Waals surface area contributed by atoms with Crippen molar-refractivity contribution in [1.82, 2.24) is 10.2 Å². The summed E-state index contributed by atoms with van der Waals surface area (Å²) in [4.78, 5) is 2.43. The average molecular weight is 294 g/mol. The van der Waals surface area contributed by atoms with Crippen molar-refractivity contribution in [2.75, 3.05) is 33.3 Å². The van der Waals surface area contributed by atoms with Crippen LogP contribution in [-0.2, 0) is 4.74 Å². The molecule has 0 saturated carbocycles. The summed E-state index contributed by atoms with van der Waals surface area (Å²) in [5, 5.41) is 3.30. The van der Waals surface area contributed by atoms with Crippen LogP contribution in [0.25, 0.3) is 0 Å². The second kappa shape index (κ2) is 6.86. The minimum absolute atomic E-state index is 0.0661. The van der Waals surface area contributed by atoms with E-state index in [1.807, 2.05) is 19.2 Å². The van der Waals surface area contributed by atoms with Crippen LogP contribution in [0.5, 0.6) is 0 Å². The summed E-state index contributed by atoms with van der Waals surface area (Å²) >= 11 is 0. The Kier molecular flexibility index (Phi) is 5.36. The number of halogens is 1. The SMILES string of the molecule is CNC(CCN1CCOC(C)(C)C1)c1ccc(C)c(F)c1. The van der Waals surface area contributed by atoms with Crippen LogP contribution in [0.3, 0.4) is 0 Å². The fourth-order valence-corrected chi connectivity index (χ4v) is 2.92. The van der Waals surface area contributed by atoms with Crippen molar-refractivity contribution in [3.05, 3.63) is 35.1 Å². The van der Waals surface area contributed by atoms with Gasteiger partial charge >= 0.3 is 0 Å². The van der Waals surface area contributed by atoms with Crippen molar-refractivity contribution < 1.29 is 9.13 Å². The molecule has 3 nitrogen and oxygen atoms in total. The van der Waals surface area contributed by atoms with Gasteiger partial charge in [0.2, 0.25) is 0 Å². The van der Waals surface area contributed by atoms with Gasteiger partial charge in [0.15, 0.2) is 0 Å². The molecule has 1 aliphatic heterocycles. The van der Waals surface area contributed by atoms with Gasteiger partial charge in [-0.2, -0.15) is 0 Å². The first-order chi connectivity index (χ1) is 9.91. The topological polar surface area (TPSA) is 24.5 Å². The van der Waals surface area contributed by atoms with Crippen LogP contribution >= 0.6 is 0 Å². The Balaban J connectivity index is 1.94. The minimum Gasteiger partial charge on any atom is -0.373 e. The van der Waals surface area contributed by atoms with Crippen molar-refractivity contribution in [2.45, 2.75) is 38.8 Å². The fraction of sp³-hybridized carbons (Fsp3) is 0.647. The van der Waals surface area contributed by atoms with Gasteiger partial charge in [-0.05, 0) is 51.4 Å². The zero-order chi connectivity index (χ0) is 15.5. The van der Waals surface area contributed by atoms with E-state index in [4.69, 9.17) is 4.74 Å². The van der Waals surface area contributed by atoms with Gasteiger partial charge in [-0.1, -0.05) is 12.1 Å². The molecule has 1 aromatic carbocycles. The number of benzene rings is 1. The summed E-state index contributed by atoms with van der Waals surface area (Å²) in [6.07, 6.45) is 0.967. The second-order valence-electron chi connectivity index (χ2n) is 6.52. The van der Waals surface area contributed by atoms with Crippen LogP contribution < -0.4 is 5.32 Å². The van der Waals surface area contributed by atoms with Crippen LogP contribution in [0, 0.1) is 12.7 Å². The summed E-state index contributed by atoms with van der Waals surface area (Å²) < 4.78 is 19.5. The molecule has 0 radical (unpaired) electrons. The highest BCUT2D eigenvalue weighted by Gasteiger charge is 2.27. The Morgan fingerprint density at radius 3 is 2.81 bits per heavy atom. The van der Waals surface area contributed by atoms with Crippen LogP contribution in [0.2, 0.25) is 0 Å². The number of rotatable bonds is 5. The van der Waals surface area contributed by atoms with Crippen LogP contribution in [0.15, 0.2) is 18.2 Å². The van der Waals surface area contributed by atoms with Gasteiger partial charge in [0, 0.05) is 25.7 Å². The molecule has 2 rings (SSSR count). The molecule has 4 heteroatoms. The smallest absolute Gasteiger partial charge is 0.126 e. The van der Waals surface area contributed by atoms with Crippen LogP contribution in [0.1, 0.15) is 37.4 Å². The predicted octanol–water partition coefficient (Wildman–Crippen LogP) is 2.90. The van der Waals surface area contributed by atoms with Crippen LogP contribution in [-0.4, -0.2) is 43.8 Å². The van der Waals surface area contributed by atoms with Crippen LogP contribution in [0.4, 0.5) is 4.39 Å². The lowest BCUT2D eigenvalue weighted by Gasteiger charge is -2.38. The van der Waals surface area contributed by atoms with E-state index in [1.165, 1.54) is 0 Å². The molecule has 0 spiro atoms. The minimum atomic E-state index is -0.125. The zero-order valence-corrected chi connectivity index (χ0v) is 13.6. The maximum absolute atomic E-state index is 13.7. The normalized spacial score (nSPS) is 20.4. The monoisotopic (exact) mass is 294 g/mol. The van der Waals surface area contributed by atoms with Crippen molar-refractivity contribution in [1.29, 1.82) is 0 Å². The summed E-state index contributed by atoms with van der Waals surface area (Å²) in [6.45, 7) is 9.76. The van der Waals surface area contributed by atoms with E-state index in [0.717, 1.165) is 38.2 Å². The van der Waals surface area contributed by atoms with Gasteiger partial charge in [-0.25, -0.2) is 4.39 Å². The van der Waals surface area contributed by atoms with Gasteiger partial charge < -0.3 is 10.1 Å². The third kappa shape index (κ3) is 4.50.